The molecule has 1 aliphatic rings. The Morgan fingerprint density at radius 2 is 1.55 bits per heavy atom. The Morgan fingerprint density at radius 3 is 2.14 bits per heavy atom. The van der Waals surface area contributed by atoms with Crippen molar-refractivity contribution in [3.05, 3.63) is 50.4 Å². The number of non-ortho nitro benzene ring substituents is 2. The standard InChI is InChI=1S/C14H7N3O5/c1-6-15-13-7-2-4-9(16(18)19)12-10(17(20)21)5-3-8(11(7)12)14(13)22-6/h2-5H,1H3. The molecule has 0 atom stereocenters. The Labute approximate surface area is 122 Å². The van der Waals surface area contributed by atoms with Crippen molar-refractivity contribution in [2.75, 3.05) is 0 Å². The normalized spacial score (nSPS) is 11.7. The van der Waals surface area contributed by atoms with Gasteiger partial charge in [-0.05, 0) is 12.1 Å². The SMILES string of the molecule is Cc1nc2c(o1)-c1ccc([N+](=O)[O-])c3c([N+](=O)[O-])ccc-2c13. The minimum atomic E-state index is -0.616. The van der Waals surface area contributed by atoms with Gasteiger partial charge in [0.15, 0.2) is 11.7 Å². The Balaban J connectivity index is 2.23. The van der Waals surface area contributed by atoms with Crippen molar-refractivity contribution < 1.29 is 14.3 Å². The molecule has 8 nitrogen and oxygen atoms in total. The summed E-state index contributed by atoms with van der Waals surface area (Å²) in [5, 5.41) is 22.9. The number of nitro groups is 2. The van der Waals surface area contributed by atoms with Crippen molar-refractivity contribution in [2.24, 2.45) is 0 Å². The van der Waals surface area contributed by atoms with Gasteiger partial charge in [0.2, 0.25) is 0 Å². The third-order valence-corrected chi connectivity index (χ3v) is 3.74. The third-order valence-electron chi connectivity index (χ3n) is 3.74. The molecule has 108 valence electrons. The van der Waals surface area contributed by atoms with Crippen LogP contribution in [0, 0.1) is 27.2 Å². The van der Waals surface area contributed by atoms with E-state index >= 15 is 0 Å². The zero-order chi connectivity index (χ0) is 15.6. The van der Waals surface area contributed by atoms with Gasteiger partial charge >= 0.3 is 0 Å². The maximum absolute atomic E-state index is 11.2. The molecule has 0 saturated heterocycles. The lowest BCUT2D eigenvalue weighted by Crippen LogP contribution is -1.95. The third kappa shape index (κ3) is 1.38. The zero-order valence-electron chi connectivity index (χ0n) is 11.2. The first-order valence-corrected chi connectivity index (χ1v) is 6.35. The maximum atomic E-state index is 11.2. The van der Waals surface area contributed by atoms with E-state index in [1.807, 2.05) is 0 Å². The first kappa shape index (κ1) is 12.5. The molecule has 0 spiro atoms. The summed E-state index contributed by atoms with van der Waals surface area (Å²) >= 11 is 0. The van der Waals surface area contributed by atoms with Gasteiger partial charge in [0, 0.05) is 35.6 Å². The van der Waals surface area contributed by atoms with Gasteiger partial charge in [-0.1, -0.05) is 0 Å². The van der Waals surface area contributed by atoms with Crippen LogP contribution in [0.25, 0.3) is 33.4 Å². The Morgan fingerprint density at radius 1 is 0.955 bits per heavy atom. The van der Waals surface area contributed by atoms with Crippen molar-refractivity contribution in [3.63, 3.8) is 0 Å². The molecule has 0 bridgehead atoms. The highest BCUT2D eigenvalue weighted by Crippen LogP contribution is 2.51. The van der Waals surface area contributed by atoms with Gasteiger partial charge < -0.3 is 4.42 Å². The molecule has 1 heterocycles. The van der Waals surface area contributed by atoms with Crippen molar-refractivity contribution in [1.82, 2.24) is 4.98 Å². The number of aromatic nitrogens is 1. The van der Waals surface area contributed by atoms with Crippen LogP contribution in [0.4, 0.5) is 11.4 Å². The smallest absolute Gasteiger partial charge is 0.284 e. The predicted octanol–water partition coefficient (Wildman–Crippen LogP) is 3.60. The minimum Gasteiger partial charge on any atom is -0.440 e. The lowest BCUT2D eigenvalue weighted by molar-refractivity contribution is -0.390. The average Bonchev–Trinajstić information content (AvgIpc) is 2.97. The lowest BCUT2D eigenvalue weighted by atomic mass is 10.0. The second-order valence-corrected chi connectivity index (χ2v) is 4.94. The fraction of sp³-hybridized carbons (Fsp3) is 0.0714. The molecule has 0 fully saturated rings. The summed E-state index contributed by atoms with van der Waals surface area (Å²) < 4.78 is 5.55. The molecular formula is C14H7N3O5. The molecule has 1 aliphatic carbocycles. The van der Waals surface area contributed by atoms with Gasteiger partial charge in [-0.3, -0.25) is 20.2 Å². The number of nitrogens with zero attached hydrogens (tertiary/aromatic N) is 3. The van der Waals surface area contributed by atoms with Crippen LogP contribution in [0.5, 0.6) is 0 Å². The molecule has 2 aromatic carbocycles. The number of aryl methyl sites for hydroxylation is 1. The summed E-state index contributed by atoms with van der Waals surface area (Å²) in [4.78, 5) is 25.5. The van der Waals surface area contributed by atoms with E-state index in [0.717, 1.165) is 0 Å². The first-order valence-electron chi connectivity index (χ1n) is 6.35. The number of hydrogen-bond donors (Lipinski definition) is 0. The minimum absolute atomic E-state index is 0.0100. The molecule has 0 aliphatic heterocycles. The van der Waals surface area contributed by atoms with Gasteiger partial charge in [-0.15, -0.1) is 0 Å². The Kier molecular flexibility index (Phi) is 2.19. The lowest BCUT2D eigenvalue weighted by Gasteiger charge is -2.04. The molecule has 3 aromatic rings. The fourth-order valence-corrected chi connectivity index (χ4v) is 2.94. The van der Waals surface area contributed by atoms with E-state index in [0.29, 0.717) is 33.9 Å². The highest BCUT2D eigenvalue weighted by Gasteiger charge is 2.34. The van der Waals surface area contributed by atoms with Crippen LogP contribution >= 0.6 is 0 Å². The summed E-state index contributed by atoms with van der Waals surface area (Å²) in [6.45, 7) is 1.70. The summed E-state index contributed by atoms with van der Waals surface area (Å²) in [6, 6.07) is 5.64. The van der Waals surface area contributed by atoms with Crippen LogP contribution in [0.3, 0.4) is 0 Å². The zero-order valence-corrected chi connectivity index (χ0v) is 11.2. The van der Waals surface area contributed by atoms with Gasteiger partial charge in [-0.25, -0.2) is 4.98 Å². The van der Waals surface area contributed by atoms with E-state index in [4.69, 9.17) is 4.42 Å². The van der Waals surface area contributed by atoms with Crippen LogP contribution in [-0.4, -0.2) is 14.8 Å². The first-order chi connectivity index (χ1) is 10.5. The molecule has 1 aromatic heterocycles. The monoisotopic (exact) mass is 297 g/mol. The predicted molar refractivity (Wildman–Crippen MR) is 76.5 cm³/mol. The Hall–Kier alpha value is -3.29. The second-order valence-electron chi connectivity index (χ2n) is 4.94. The Bertz CT molecular complexity index is 931. The van der Waals surface area contributed by atoms with Crippen molar-refractivity contribution >= 4 is 22.1 Å². The van der Waals surface area contributed by atoms with Crippen molar-refractivity contribution in [2.45, 2.75) is 6.92 Å². The number of fused-ring (bicyclic) bond motifs is 3. The van der Waals surface area contributed by atoms with E-state index in [-0.39, 0.29) is 16.8 Å². The van der Waals surface area contributed by atoms with E-state index in [2.05, 4.69) is 4.98 Å². The molecule has 22 heavy (non-hydrogen) atoms. The second kappa shape index (κ2) is 3.88. The topological polar surface area (TPSA) is 112 Å². The molecule has 0 radical (unpaired) electrons. The van der Waals surface area contributed by atoms with Gasteiger partial charge in [0.1, 0.15) is 11.1 Å². The molecular weight excluding hydrogens is 290 g/mol. The van der Waals surface area contributed by atoms with Gasteiger partial charge in [-0.2, -0.15) is 0 Å². The van der Waals surface area contributed by atoms with E-state index < -0.39 is 9.85 Å². The fourth-order valence-electron chi connectivity index (χ4n) is 2.94. The summed E-state index contributed by atoms with van der Waals surface area (Å²) in [6.07, 6.45) is 0. The number of nitro benzene ring substituents is 2. The van der Waals surface area contributed by atoms with Crippen molar-refractivity contribution in [3.8, 4) is 22.6 Å². The molecule has 0 saturated carbocycles. The highest BCUT2D eigenvalue weighted by atomic mass is 16.6. The molecule has 0 unspecified atom stereocenters. The summed E-state index contributed by atoms with van der Waals surface area (Å²) in [5.74, 6) is 0.966. The van der Waals surface area contributed by atoms with Crippen LogP contribution in [-0.2, 0) is 0 Å². The van der Waals surface area contributed by atoms with E-state index in [1.165, 1.54) is 12.1 Å². The van der Waals surface area contributed by atoms with Crippen LogP contribution in [0.2, 0.25) is 0 Å². The molecule has 4 rings (SSSR count). The molecule has 8 heteroatoms. The highest BCUT2D eigenvalue weighted by molar-refractivity contribution is 6.18. The molecule has 0 amide bonds. The van der Waals surface area contributed by atoms with E-state index in [1.54, 1.807) is 19.1 Å². The quantitative estimate of drug-likeness (QED) is 0.412. The summed E-state index contributed by atoms with van der Waals surface area (Å²) in [5.41, 5.74) is 1.18. The number of rotatable bonds is 2. The van der Waals surface area contributed by atoms with Crippen LogP contribution < -0.4 is 0 Å². The van der Waals surface area contributed by atoms with Crippen molar-refractivity contribution in [1.29, 1.82) is 0 Å². The van der Waals surface area contributed by atoms with Crippen LogP contribution in [0.1, 0.15) is 5.89 Å². The van der Waals surface area contributed by atoms with Gasteiger partial charge in [0.25, 0.3) is 11.4 Å². The molecule has 0 N–H and O–H groups in total. The average molecular weight is 297 g/mol. The van der Waals surface area contributed by atoms with E-state index in [9.17, 15) is 20.2 Å². The number of oxazole rings is 1. The summed E-state index contributed by atoms with van der Waals surface area (Å²) in [7, 11) is 0. The van der Waals surface area contributed by atoms with Crippen LogP contribution in [0.15, 0.2) is 28.7 Å². The van der Waals surface area contributed by atoms with Gasteiger partial charge in [0.05, 0.1) is 9.85 Å². The maximum Gasteiger partial charge on any atom is 0.284 e. The number of benzene rings is 2. The number of hydrogen-bond acceptors (Lipinski definition) is 6. The largest absolute Gasteiger partial charge is 0.440 e.